The molecule has 2 N–H and O–H groups in total. The number of ether oxygens (including phenoxy) is 3. The summed E-state index contributed by atoms with van der Waals surface area (Å²) >= 11 is 0. The number of carbonyl (C=O) groups excluding carboxylic acids is 1. The summed E-state index contributed by atoms with van der Waals surface area (Å²) in [6.45, 7) is 3.99. The Bertz CT molecular complexity index is 565. The van der Waals surface area contributed by atoms with Crippen LogP contribution >= 0.6 is 0 Å². The lowest BCUT2D eigenvalue weighted by atomic mass is 9.78. The number of benzene rings is 1. The minimum atomic E-state index is -0.396. The van der Waals surface area contributed by atoms with Gasteiger partial charge in [-0.25, -0.2) is 0 Å². The Balaban J connectivity index is 1.54. The Morgan fingerprint density at radius 1 is 1.25 bits per heavy atom. The van der Waals surface area contributed by atoms with Gasteiger partial charge in [-0.2, -0.15) is 0 Å². The zero-order valence-corrected chi connectivity index (χ0v) is 14.2. The quantitative estimate of drug-likeness (QED) is 0.816. The lowest BCUT2D eigenvalue weighted by Crippen LogP contribution is -2.50. The van der Waals surface area contributed by atoms with Crippen molar-refractivity contribution in [1.82, 2.24) is 10.6 Å². The van der Waals surface area contributed by atoms with Crippen LogP contribution in [0.4, 0.5) is 0 Å². The topological polar surface area (TPSA) is 68.8 Å². The minimum Gasteiger partial charge on any atom is -0.486 e. The third-order valence-electron chi connectivity index (χ3n) is 4.77. The van der Waals surface area contributed by atoms with E-state index >= 15 is 0 Å². The van der Waals surface area contributed by atoms with E-state index in [1.54, 1.807) is 7.11 Å². The first-order valence-electron chi connectivity index (χ1n) is 8.60. The summed E-state index contributed by atoms with van der Waals surface area (Å²) < 4.78 is 16.4. The number of amides is 1. The van der Waals surface area contributed by atoms with Crippen molar-refractivity contribution in [1.29, 1.82) is 0 Å². The van der Waals surface area contributed by atoms with E-state index in [2.05, 4.69) is 10.6 Å². The molecule has 0 saturated carbocycles. The fourth-order valence-electron chi connectivity index (χ4n) is 3.37. The van der Waals surface area contributed by atoms with Crippen molar-refractivity contribution in [3.05, 3.63) is 23.8 Å². The average Bonchev–Trinajstić information content (AvgIpc) is 2.62. The van der Waals surface area contributed by atoms with Gasteiger partial charge in [0.05, 0.1) is 12.0 Å². The predicted octanol–water partition coefficient (Wildman–Crippen LogP) is 1.13. The van der Waals surface area contributed by atoms with Crippen LogP contribution in [-0.4, -0.2) is 52.5 Å². The molecular weight excluding hydrogens is 308 g/mol. The maximum absolute atomic E-state index is 12.7. The SMILES string of the molecule is COCC1(C(=O)NCCc2ccc3c(c2)OCCO3)CCNCC1. The van der Waals surface area contributed by atoms with Gasteiger partial charge >= 0.3 is 0 Å². The van der Waals surface area contributed by atoms with Crippen molar-refractivity contribution in [3.63, 3.8) is 0 Å². The van der Waals surface area contributed by atoms with E-state index in [0.717, 1.165) is 49.4 Å². The summed E-state index contributed by atoms with van der Waals surface area (Å²) in [7, 11) is 1.66. The van der Waals surface area contributed by atoms with Crippen LogP contribution in [0.5, 0.6) is 11.5 Å². The van der Waals surface area contributed by atoms with Gasteiger partial charge in [0, 0.05) is 13.7 Å². The maximum atomic E-state index is 12.7. The number of carbonyl (C=O) groups is 1. The zero-order valence-electron chi connectivity index (χ0n) is 14.2. The summed E-state index contributed by atoms with van der Waals surface area (Å²) in [5, 5.41) is 6.39. The molecule has 0 spiro atoms. The van der Waals surface area contributed by atoms with Gasteiger partial charge in [0.1, 0.15) is 13.2 Å². The first kappa shape index (κ1) is 17.0. The minimum absolute atomic E-state index is 0.100. The van der Waals surface area contributed by atoms with Crippen LogP contribution in [0.3, 0.4) is 0 Å². The Morgan fingerprint density at radius 3 is 2.75 bits per heavy atom. The van der Waals surface area contributed by atoms with Gasteiger partial charge in [0.15, 0.2) is 11.5 Å². The van der Waals surface area contributed by atoms with E-state index < -0.39 is 5.41 Å². The normalized spacial score (nSPS) is 18.9. The molecule has 6 nitrogen and oxygen atoms in total. The second-order valence-corrected chi connectivity index (χ2v) is 6.45. The molecule has 0 bridgehead atoms. The summed E-state index contributed by atoms with van der Waals surface area (Å²) in [5.74, 6) is 1.69. The summed E-state index contributed by atoms with van der Waals surface area (Å²) in [6, 6.07) is 5.95. The van der Waals surface area contributed by atoms with E-state index in [0.29, 0.717) is 26.4 Å². The molecule has 0 unspecified atom stereocenters. The van der Waals surface area contributed by atoms with Crippen LogP contribution < -0.4 is 20.1 Å². The maximum Gasteiger partial charge on any atom is 0.228 e. The molecule has 6 heteroatoms. The molecule has 1 amide bonds. The highest BCUT2D eigenvalue weighted by Crippen LogP contribution is 2.31. The predicted molar refractivity (Wildman–Crippen MR) is 90.6 cm³/mol. The van der Waals surface area contributed by atoms with Gasteiger partial charge in [0.2, 0.25) is 5.91 Å². The van der Waals surface area contributed by atoms with Crippen LogP contribution in [0.1, 0.15) is 18.4 Å². The first-order chi connectivity index (χ1) is 11.7. The highest BCUT2D eigenvalue weighted by atomic mass is 16.6. The number of fused-ring (bicyclic) bond motifs is 1. The molecule has 2 aliphatic heterocycles. The summed E-state index contributed by atoms with van der Waals surface area (Å²) in [6.07, 6.45) is 2.40. The van der Waals surface area contributed by atoms with Crippen molar-refractivity contribution >= 4 is 5.91 Å². The second kappa shape index (κ2) is 7.85. The third-order valence-corrected chi connectivity index (χ3v) is 4.77. The van der Waals surface area contributed by atoms with E-state index in [9.17, 15) is 4.79 Å². The number of rotatable bonds is 6. The van der Waals surface area contributed by atoms with E-state index in [-0.39, 0.29) is 5.91 Å². The first-order valence-corrected chi connectivity index (χ1v) is 8.60. The van der Waals surface area contributed by atoms with Crippen molar-refractivity contribution in [3.8, 4) is 11.5 Å². The Morgan fingerprint density at radius 2 is 2.00 bits per heavy atom. The van der Waals surface area contributed by atoms with E-state index in [1.807, 2.05) is 18.2 Å². The molecule has 0 aliphatic carbocycles. The monoisotopic (exact) mass is 334 g/mol. The molecule has 1 saturated heterocycles. The lowest BCUT2D eigenvalue weighted by molar-refractivity contribution is -0.136. The van der Waals surface area contributed by atoms with Gasteiger partial charge in [-0.15, -0.1) is 0 Å². The molecule has 0 radical (unpaired) electrons. The summed E-state index contributed by atoms with van der Waals surface area (Å²) in [5.41, 5.74) is 0.734. The number of piperidine rings is 1. The molecular formula is C18H26N2O4. The van der Waals surface area contributed by atoms with E-state index in [4.69, 9.17) is 14.2 Å². The summed E-state index contributed by atoms with van der Waals surface area (Å²) in [4.78, 5) is 12.7. The fourth-order valence-corrected chi connectivity index (χ4v) is 3.37. The smallest absolute Gasteiger partial charge is 0.228 e. The van der Waals surface area contributed by atoms with Crippen LogP contribution in [0, 0.1) is 5.41 Å². The van der Waals surface area contributed by atoms with Crippen LogP contribution in [0.15, 0.2) is 18.2 Å². The Labute approximate surface area is 142 Å². The molecule has 3 rings (SSSR count). The fraction of sp³-hybridized carbons (Fsp3) is 0.611. The van der Waals surface area contributed by atoms with Crippen molar-refractivity contribution < 1.29 is 19.0 Å². The average molecular weight is 334 g/mol. The molecule has 24 heavy (non-hydrogen) atoms. The lowest BCUT2D eigenvalue weighted by Gasteiger charge is -2.35. The molecule has 2 aliphatic rings. The van der Waals surface area contributed by atoms with Crippen molar-refractivity contribution in [2.24, 2.45) is 5.41 Å². The number of hydrogen-bond donors (Lipinski definition) is 2. The van der Waals surface area contributed by atoms with Crippen LogP contribution in [-0.2, 0) is 16.0 Å². The molecule has 0 aromatic heterocycles. The Kier molecular flexibility index (Phi) is 5.58. The van der Waals surface area contributed by atoms with Gasteiger partial charge in [-0.1, -0.05) is 6.07 Å². The number of methoxy groups -OCH3 is 1. The van der Waals surface area contributed by atoms with Gasteiger partial charge in [0.25, 0.3) is 0 Å². The number of nitrogens with one attached hydrogen (secondary N) is 2. The van der Waals surface area contributed by atoms with Gasteiger partial charge < -0.3 is 24.8 Å². The Hall–Kier alpha value is -1.79. The highest BCUT2D eigenvalue weighted by Gasteiger charge is 2.39. The number of hydrogen-bond acceptors (Lipinski definition) is 5. The second-order valence-electron chi connectivity index (χ2n) is 6.45. The molecule has 132 valence electrons. The van der Waals surface area contributed by atoms with Crippen molar-refractivity contribution in [2.75, 3.05) is 46.6 Å². The molecule has 2 heterocycles. The third kappa shape index (κ3) is 3.82. The standard InChI is InChI=1S/C18H26N2O4/c1-22-13-18(5-8-19-9-6-18)17(21)20-7-4-14-2-3-15-16(12-14)24-11-10-23-15/h2-3,12,19H,4-11,13H2,1H3,(H,20,21). The molecule has 0 atom stereocenters. The van der Waals surface area contributed by atoms with Crippen molar-refractivity contribution in [2.45, 2.75) is 19.3 Å². The van der Waals surface area contributed by atoms with Gasteiger partial charge in [-0.05, 0) is 50.0 Å². The molecule has 1 aromatic rings. The van der Waals surface area contributed by atoms with E-state index in [1.165, 1.54) is 0 Å². The van der Waals surface area contributed by atoms with Crippen LogP contribution in [0.25, 0.3) is 0 Å². The molecule has 1 aromatic carbocycles. The largest absolute Gasteiger partial charge is 0.486 e. The van der Waals surface area contributed by atoms with Gasteiger partial charge in [-0.3, -0.25) is 4.79 Å². The van der Waals surface area contributed by atoms with Crippen LogP contribution in [0.2, 0.25) is 0 Å². The molecule has 1 fully saturated rings. The highest BCUT2D eigenvalue weighted by molar-refractivity contribution is 5.83. The zero-order chi connectivity index (χ0) is 16.8.